The first-order chi connectivity index (χ1) is 10.2. The standard InChI is InChI=1S/C15H24N4O2/c1-12-14(3-2-10-21-12)15(20)18-7-4-13(5-8-18)11-19-9-6-16-17-19/h6,9,12-14H,2-5,7-8,10-11H2,1H3/t12-,14-/m0/s1. The fourth-order valence-electron chi connectivity index (χ4n) is 3.41. The summed E-state index contributed by atoms with van der Waals surface area (Å²) >= 11 is 0. The van der Waals surface area contributed by atoms with Crippen molar-refractivity contribution in [1.29, 1.82) is 0 Å². The highest BCUT2D eigenvalue weighted by Gasteiger charge is 2.33. The van der Waals surface area contributed by atoms with Crippen molar-refractivity contribution in [2.24, 2.45) is 11.8 Å². The van der Waals surface area contributed by atoms with Gasteiger partial charge in [0.2, 0.25) is 5.91 Å². The molecule has 0 spiro atoms. The summed E-state index contributed by atoms with van der Waals surface area (Å²) in [4.78, 5) is 14.6. The Kier molecular flexibility index (Phi) is 4.53. The van der Waals surface area contributed by atoms with Crippen molar-refractivity contribution in [2.75, 3.05) is 19.7 Å². The molecule has 0 radical (unpaired) electrons. The van der Waals surface area contributed by atoms with Crippen LogP contribution in [-0.4, -0.2) is 51.6 Å². The Hall–Kier alpha value is -1.43. The molecule has 2 aliphatic rings. The van der Waals surface area contributed by atoms with Crippen LogP contribution in [0.2, 0.25) is 0 Å². The Morgan fingerprint density at radius 2 is 2.14 bits per heavy atom. The number of nitrogens with zero attached hydrogens (tertiary/aromatic N) is 4. The van der Waals surface area contributed by atoms with Crippen LogP contribution in [0, 0.1) is 11.8 Å². The van der Waals surface area contributed by atoms with Gasteiger partial charge in [0.25, 0.3) is 0 Å². The summed E-state index contributed by atoms with van der Waals surface area (Å²) in [6.07, 6.45) is 7.75. The number of hydrogen-bond acceptors (Lipinski definition) is 4. The van der Waals surface area contributed by atoms with Crippen molar-refractivity contribution in [3.05, 3.63) is 12.4 Å². The minimum Gasteiger partial charge on any atom is -0.378 e. The van der Waals surface area contributed by atoms with E-state index in [2.05, 4.69) is 10.3 Å². The first-order valence-electron chi connectivity index (χ1n) is 7.98. The van der Waals surface area contributed by atoms with E-state index in [-0.39, 0.29) is 12.0 Å². The van der Waals surface area contributed by atoms with Crippen molar-refractivity contribution in [3.8, 4) is 0 Å². The van der Waals surface area contributed by atoms with Gasteiger partial charge < -0.3 is 9.64 Å². The molecule has 2 aliphatic heterocycles. The molecule has 0 aromatic carbocycles. The highest BCUT2D eigenvalue weighted by Crippen LogP contribution is 2.26. The van der Waals surface area contributed by atoms with Crippen molar-refractivity contribution in [3.63, 3.8) is 0 Å². The van der Waals surface area contributed by atoms with E-state index in [9.17, 15) is 4.79 Å². The minimum atomic E-state index is 0.0608. The lowest BCUT2D eigenvalue weighted by atomic mass is 9.91. The lowest BCUT2D eigenvalue weighted by Gasteiger charge is -2.37. The summed E-state index contributed by atoms with van der Waals surface area (Å²) in [5, 5.41) is 7.85. The molecule has 6 nitrogen and oxygen atoms in total. The van der Waals surface area contributed by atoms with Crippen LogP contribution in [0.25, 0.3) is 0 Å². The Balaban J connectivity index is 1.49. The molecule has 0 bridgehead atoms. The van der Waals surface area contributed by atoms with E-state index in [1.54, 1.807) is 6.20 Å². The Labute approximate surface area is 125 Å². The largest absolute Gasteiger partial charge is 0.378 e. The summed E-state index contributed by atoms with van der Waals surface area (Å²) < 4.78 is 7.52. The Morgan fingerprint density at radius 3 is 2.81 bits per heavy atom. The molecule has 2 fully saturated rings. The fourth-order valence-corrected chi connectivity index (χ4v) is 3.41. The average molecular weight is 292 g/mol. The fraction of sp³-hybridized carbons (Fsp3) is 0.800. The third-order valence-electron chi connectivity index (χ3n) is 4.77. The third-order valence-corrected chi connectivity index (χ3v) is 4.77. The van der Waals surface area contributed by atoms with Crippen LogP contribution in [0.3, 0.4) is 0 Å². The second kappa shape index (κ2) is 6.56. The molecular weight excluding hydrogens is 268 g/mol. The zero-order valence-corrected chi connectivity index (χ0v) is 12.6. The monoisotopic (exact) mass is 292 g/mol. The van der Waals surface area contributed by atoms with Gasteiger partial charge in [-0.25, -0.2) is 0 Å². The number of aromatic nitrogens is 3. The number of carbonyl (C=O) groups is 1. The number of ether oxygens (including phenoxy) is 1. The molecule has 3 heterocycles. The summed E-state index contributed by atoms with van der Waals surface area (Å²) in [5.41, 5.74) is 0. The molecule has 1 amide bonds. The molecule has 2 saturated heterocycles. The van der Waals surface area contributed by atoms with Gasteiger partial charge in [0, 0.05) is 32.4 Å². The van der Waals surface area contributed by atoms with Gasteiger partial charge in [0.1, 0.15) is 0 Å². The number of rotatable bonds is 3. The molecule has 21 heavy (non-hydrogen) atoms. The second-order valence-electron chi connectivity index (χ2n) is 6.22. The maximum atomic E-state index is 12.6. The maximum absolute atomic E-state index is 12.6. The quantitative estimate of drug-likeness (QED) is 0.843. The predicted octanol–water partition coefficient (Wildman–Crippen LogP) is 1.33. The van der Waals surface area contributed by atoms with Gasteiger partial charge in [-0.15, -0.1) is 5.10 Å². The number of hydrogen-bond donors (Lipinski definition) is 0. The lowest BCUT2D eigenvalue weighted by Crippen LogP contribution is -2.46. The molecule has 116 valence electrons. The Bertz CT molecular complexity index is 454. The van der Waals surface area contributed by atoms with E-state index in [1.807, 2.05) is 22.7 Å². The van der Waals surface area contributed by atoms with Crippen molar-refractivity contribution < 1.29 is 9.53 Å². The van der Waals surface area contributed by atoms with Gasteiger partial charge in [-0.2, -0.15) is 0 Å². The highest BCUT2D eigenvalue weighted by atomic mass is 16.5. The summed E-state index contributed by atoms with van der Waals surface area (Å²) in [6, 6.07) is 0. The minimum absolute atomic E-state index is 0.0608. The highest BCUT2D eigenvalue weighted by molar-refractivity contribution is 5.79. The normalized spacial score (nSPS) is 27.8. The molecule has 0 aliphatic carbocycles. The van der Waals surface area contributed by atoms with Crippen LogP contribution >= 0.6 is 0 Å². The molecule has 0 unspecified atom stereocenters. The van der Waals surface area contributed by atoms with Crippen LogP contribution in [0.5, 0.6) is 0 Å². The van der Waals surface area contributed by atoms with Gasteiger partial charge >= 0.3 is 0 Å². The van der Waals surface area contributed by atoms with E-state index >= 15 is 0 Å². The zero-order valence-electron chi connectivity index (χ0n) is 12.6. The van der Waals surface area contributed by atoms with Crippen LogP contribution in [-0.2, 0) is 16.1 Å². The number of piperidine rings is 1. The van der Waals surface area contributed by atoms with E-state index < -0.39 is 0 Å². The van der Waals surface area contributed by atoms with Crippen molar-refractivity contribution in [1.82, 2.24) is 19.9 Å². The number of carbonyl (C=O) groups excluding carboxylic acids is 1. The van der Waals surface area contributed by atoms with E-state index in [0.717, 1.165) is 51.9 Å². The predicted molar refractivity (Wildman–Crippen MR) is 77.5 cm³/mol. The molecule has 6 heteroatoms. The summed E-state index contributed by atoms with van der Waals surface area (Å²) in [5.74, 6) is 0.947. The molecule has 0 N–H and O–H groups in total. The topological polar surface area (TPSA) is 60.2 Å². The SMILES string of the molecule is C[C@@H]1OCCC[C@@H]1C(=O)N1CCC(Cn2ccnn2)CC1. The van der Waals surface area contributed by atoms with Crippen LogP contribution in [0.1, 0.15) is 32.6 Å². The molecule has 1 aromatic rings. The smallest absolute Gasteiger partial charge is 0.228 e. The maximum Gasteiger partial charge on any atom is 0.228 e. The number of amides is 1. The molecule has 3 rings (SSSR count). The molecule has 1 aromatic heterocycles. The van der Waals surface area contributed by atoms with Crippen LogP contribution < -0.4 is 0 Å². The third kappa shape index (κ3) is 3.43. The van der Waals surface area contributed by atoms with E-state index in [1.165, 1.54) is 0 Å². The summed E-state index contributed by atoms with van der Waals surface area (Å²) in [6.45, 7) is 5.46. The number of likely N-dealkylation sites (tertiary alicyclic amines) is 1. The van der Waals surface area contributed by atoms with Crippen LogP contribution in [0.15, 0.2) is 12.4 Å². The molecular formula is C15H24N4O2. The molecule has 2 atom stereocenters. The van der Waals surface area contributed by atoms with Gasteiger partial charge in [0.05, 0.1) is 18.2 Å². The Morgan fingerprint density at radius 1 is 1.33 bits per heavy atom. The van der Waals surface area contributed by atoms with E-state index in [4.69, 9.17) is 4.74 Å². The van der Waals surface area contributed by atoms with Crippen LogP contribution in [0.4, 0.5) is 0 Å². The first kappa shape index (κ1) is 14.5. The zero-order chi connectivity index (χ0) is 14.7. The summed E-state index contributed by atoms with van der Waals surface area (Å²) in [7, 11) is 0. The van der Waals surface area contributed by atoms with Gasteiger partial charge in [0.15, 0.2) is 0 Å². The second-order valence-corrected chi connectivity index (χ2v) is 6.22. The average Bonchev–Trinajstić information content (AvgIpc) is 3.01. The van der Waals surface area contributed by atoms with Gasteiger partial charge in [-0.1, -0.05) is 5.21 Å². The molecule has 0 saturated carbocycles. The van der Waals surface area contributed by atoms with E-state index in [0.29, 0.717) is 11.8 Å². The van der Waals surface area contributed by atoms with Gasteiger partial charge in [-0.3, -0.25) is 9.48 Å². The van der Waals surface area contributed by atoms with Gasteiger partial charge in [-0.05, 0) is 38.5 Å². The first-order valence-corrected chi connectivity index (χ1v) is 7.98. The lowest BCUT2D eigenvalue weighted by molar-refractivity contribution is -0.145. The van der Waals surface area contributed by atoms with Crippen molar-refractivity contribution >= 4 is 5.91 Å². The van der Waals surface area contributed by atoms with Crippen molar-refractivity contribution in [2.45, 2.75) is 45.3 Å².